The van der Waals surface area contributed by atoms with Gasteiger partial charge in [-0.3, -0.25) is 0 Å². The van der Waals surface area contributed by atoms with Crippen LogP contribution in [0.2, 0.25) is 0 Å². The monoisotopic (exact) mass is 466 g/mol. The van der Waals surface area contributed by atoms with Crippen molar-refractivity contribution in [2.45, 2.75) is 57.6 Å². The van der Waals surface area contributed by atoms with E-state index in [1.54, 1.807) is 41.2 Å². The molecule has 0 bridgehead atoms. The third-order valence-corrected chi connectivity index (χ3v) is 7.18. The molecule has 1 aromatic carbocycles. The Balaban J connectivity index is 1.87. The molecule has 0 aliphatic heterocycles. The Morgan fingerprint density at radius 3 is 2.38 bits per heavy atom. The van der Waals surface area contributed by atoms with Crippen molar-refractivity contribution in [3.63, 3.8) is 0 Å². The second-order valence-electron chi connectivity index (χ2n) is 9.41. The molecule has 4 rings (SSSR count). The lowest BCUT2D eigenvalue weighted by Crippen LogP contribution is -2.39. The number of benzene rings is 1. The maximum absolute atomic E-state index is 14.1. The van der Waals surface area contributed by atoms with Crippen LogP contribution >= 0.6 is 0 Å². The van der Waals surface area contributed by atoms with E-state index in [0.717, 1.165) is 0 Å². The lowest BCUT2D eigenvalue weighted by Gasteiger charge is -2.22. The Hall–Kier alpha value is -2.46. The molecule has 10 heteroatoms. The van der Waals surface area contributed by atoms with Crippen LogP contribution in [-0.2, 0) is 16.6 Å². The Morgan fingerprint density at radius 2 is 1.81 bits per heavy atom. The van der Waals surface area contributed by atoms with Crippen molar-refractivity contribution in [1.29, 1.82) is 0 Å². The first kappa shape index (κ1) is 22.7. The van der Waals surface area contributed by atoms with Crippen molar-refractivity contribution in [3.8, 4) is 11.4 Å². The summed E-state index contributed by atoms with van der Waals surface area (Å²) in [5.41, 5.74) is 0.908. The van der Waals surface area contributed by atoms with Crippen molar-refractivity contribution in [2.24, 2.45) is 5.41 Å². The zero-order valence-corrected chi connectivity index (χ0v) is 18.8. The van der Waals surface area contributed by atoms with Gasteiger partial charge in [-0.25, -0.2) is 18.4 Å². The second kappa shape index (κ2) is 7.84. The molecule has 0 spiro atoms. The number of nitrogens with one attached hydrogen (secondary N) is 1. The topological polar surface area (TPSA) is 76.9 Å². The third kappa shape index (κ3) is 4.80. The summed E-state index contributed by atoms with van der Waals surface area (Å²) in [5, 5.41) is -0.410. The quantitative estimate of drug-likeness (QED) is 0.565. The van der Waals surface area contributed by atoms with Gasteiger partial charge in [-0.2, -0.15) is 17.9 Å². The number of alkyl halides is 3. The highest BCUT2D eigenvalue weighted by molar-refractivity contribution is 7.90. The molecule has 2 heterocycles. The number of nitrogens with zero attached hydrogens (tertiary/aromatic N) is 3. The summed E-state index contributed by atoms with van der Waals surface area (Å²) in [6, 6.07) is 4.35. The predicted octanol–water partition coefficient (Wildman–Crippen LogP) is 4.83. The predicted molar refractivity (Wildman–Crippen MR) is 116 cm³/mol. The van der Waals surface area contributed by atoms with Crippen molar-refractivity contribution in [2.75, 3.05) is 0 Å². The summed E-state index contributed by atoms with van der Waals surface area (Å²) in [6.07, 6.45) is 0.582. The molecular weight excluding hydrogens is 441 g/mol. The van der Waals surface area contributed by atoms with Crippen molar-refractivity contribution in [1.82, 2.24) is 19.3 Å². The van der Waals surface area contributed by atoms with Gasteiger partial charge in [0.1, 0.15) is 6.04 Å². The fourth-order valence-corrected chi connectivity index (χ4v) is 5.26. The van der Waals surface area contributed by atoms with Gasteiger partial charge in [0.05, 0.1) is 5.25 Å². The molecule has 3 aromatic rings. The molecule has 1 saturated carbocycles. The van der Waals surface area contributed by atoms with E-state index in [1.807, 2.05) is 25.5 Å². The number of fused-ring (bicyclic) bond motifs is 1. The van der Waals surface area contributed by atoms with Gasteiger partial charge in [-0.1, -0.05) is 32.9 Å². The molecule has 1 aliphatic carbocycles. The van der Waals surface area contributed by atoms with E-state index in [1.165, 1.54) is 6.20 Å². The zero-order valence-electron chi connectivity index (χ0n) is 18.0. The first-order valence-corrected chi connectivity index (χ1v) is 11.9. The Morgan fingerprint density at radius 1 is 1.16 bits per heavy atom. The third-order valence-electron chi connectivity index (χ3n) is 5.27. The number of rotatable bonds is 6. The number of halogens is 3. The zero-order chi connectivity index (χ0) is 23.3. The van der Waals surface area contributed by atoms with E-state index in [0.29, 0.717) is 41.7 Å². The average molecular weight is 467 g/mol. The van der Waals surface area contributed by atoms with Crippen LogP contribution in [0.3, 0.4) is 0 Å². The molecule has 2 aromatic heterocycles. The van der Waals surface area contributed by atoms with E-state index in [9.17, 15) is 21.6 Å². The standard InChI is InChI=1S/C22H25F3N4O2S/c1-21(2,3)13-29-12-17(19(22(23,24)25)28-32(30,31)15-6-7-15)16-8-5-14(11-18(16)29)20-26-9-4-10-27-20/h4-5,8-12,15,19,28H,6-7,13H2,1-3H3. The Labute approximate surface area is 184 Å². The molecule has 6 nitrogen and oxygen atoms in total. The first-order chi connectivity index (χ1) is 14.9. The van der Waals surface area contributed by atoms with Crippen LogP contribution < -0.4 is 4.72 Å². The van der Waals surface area contributed by atoms with Crippen LogP contribution in [0.5, 0.6) is 0 Å². The van der Waals surface area contributed by atoms with Crippen LogP contribution in [0.1, 0.15) is 45.2 Å². The van der Waals surface area contributed by atoms with Crippen molar-refractivity contribution in [3.05, 3.63) is 48.4 Å². The number of hydrogen-bond donors (Lipinski definition) is 1. The fourth-order valence-electron chi connectivity index (χ4n) is 3.72. The molecule has 32 heavy (non-hydrogen) atoms. The van der Waals surface area contributed by atoms with Gasteiger partial charge in [-0.05, 0) is 30.4 Å². The van der Waals surface area contributed by atoms with Crippen LogP contribution in [0, 0.1) is 5.41 Å². The molecule has 172 valence electrons. The fraction of sp³-hybridized carbons (Fsp3) is 0.455. The summed E-state index contributed by atoms with van der Waals surface area (Å²) in [4.78, 5) is 8.45. The second-order valence-corrected chi connectivity index (χ2v) is 11.4. The molecule has 0 amide bonds. The number of aromatic nitrogens is 3. The summed E-state index contributed by atoms with van der Waals surface area (Å²) >= 11 is 0. The van der Waals surface area contributed by atoms with Crippen LogP contribution in [0.15, 0.2) is 42.9 Å². The van der Waals surface area contributed by atoms with Crippen LogP contribution in [-0.4, -0.2) is 34.4 Å². The summed E-state index contributed by atoms with van der Waals surface area (Å²) in [6.45, 7) is 6.40. The summed E-state index contributed by atoms with van der Waals surface area (Å²) in [7, 11) is -4.06. The molecular formula is C22H25F3N4O2S. The van der Waals surface area contributed by atoms with Crippen LogP contribution in [0.4, 0.5) is 13.2 Å². The highest BCUT2D eigenvalue weighted by Gasteiger charge is 2.47. The molecule has 0 saturated heterocycles. The first-order valence-electron chi connectivity index (χ1n) is 10.3. The van der Waals surface area contributed by atoms with Crippen LogP contribution in [0.25, 0.3) is 22.3 Å². The van der Waals surface area contributed by atoms with Gasteiger partial charge in [0, 0.05) is 47.2 Å². The maximum Gasteiger partial charge on any atom is 0.408 e. The highest BCUT2D eigenvalue weighted by atomic mass is 32.2. The normalized spacial score (nSPS) is 16.4. The maximum atomic E-state index is 14.1. The van der Waals surface area contributed by atoms with Crippen molar-refractivity contribution < 1.29 is 21.6 Å². The van der Waals surface area contributed by atoms with Gasteiger partial charge in [0.2, 0.25) is 10.0 Å². The van der Waals surface area contributed by atoms with Gasteiger partial charge >= 0.3 is 6.18 Å². The molecule has 1 atom stereocenters. The van der Waals surface area contributed by atoms with E-state index in [2.05, 4.69) is 9.97 Å². The summed E-state index contributed by atoms with van der Waals surface area (Å²) < 4.78 is 70.7. The minimum Gasteiger partial charge on any atom is -0.347 e. The number of sulfonamides is 1. The van der Waals surface area contributed by atoms with E-state index >= 15 is 0 Å². The number of hydrogen-bond acceptors (Lipinski definition) is 4. The van der Waals surface area contributed by atoms with Gasteiger partial charge in [-0.15, -0.1) is 0 Å². The lowest BCUT2D eigenvalue weighted by atomic mass is 9.97. The SMILES string of the molecule is CC(C)(C)Cn1cc(C(NS(=O)(=O)C2CC2)C(F)(F)F)c2ccc(-c3ncccn3)cc21. The van der Waals surface area contributed by atoms with Gasteiger partial charge in [0.25, 0.3) is 0 Å². The van der Waals surface area contributed by atoms with E-state index < -0.39 is 27.5 Å². The molecule has 1 N–H and O–H groups in total. The highest BCUT2D eigenvalue weighted by Crippen LogP contribution is 2.41. The molecule has 1 fully saturated rings. The minimum atomic E-state index is -4.79. The molecule has 0 radical (unpaired) electrons. The summed E-state index contributed by atoms with van der Waals surface area (Å²) in [5.74, 6) is 0.460. The van der Waals surface area contributed by atoms with Gasteiger partial charge in [0.15, 0.2) is 5.82 Å². The Kier molecular flexibility index (Phi) is 5.57. The average Bonchev–Trinajstić information content (AvgIpc) is 3.50. The Bertz CT molecular complexity index is 1230. The van der Waals surface area contributed by atoms with E-state index in [-0.39, 0.29) is 11.0 Å². The van der Waals surface area contributed by atoms with Gasteiger partial charge < -0.3 is 4.57 Å². The minimum absolute atomic E-state index is 0.110. The van der Waals surface area contributed by atoms with Crippen molar-refractivity contribution >= 4 is 20.9 Å². The largest absolute Gasteiger partial charge is 0.408 e. The molecule has 1 unspecified atom stereocenters. The lowest BCUT2D eigenvalue weighted by molar-refractivity contribution is -0.152. The smallest absolute Gasteiger partial charge is 0.347 e. The molecule has 1 aliphatic rings. The van der Waals surface area contributed by atoms with E-state index in [4.69, 9.17) is 0 Å².